The van der Waals surface area contributed by atoms with Gasteiger partial charge in [0.25, 0.3) is 5.91 Å². The zero-order chi connectivity index (χ0) is 16.8. The van der Waals surface area contributed by atoms with E-state index in [9.17, 15) is 14.7 Å². The van der Waals surface area contributed by atoms with Gasteiger partial charge in [-0.05, 0) is 30.9 Å². The number of amides is 1. The molecule has 0 radical (unpaired) electrons. The lowest BCUT2D eigenvalue weighted by atomic mass is 9.79. The van der Waals surface area contributed by atoms with E-state index in [1.165, 1.54) is 14.2 Å². The number of ether oxygens (including phenoxy) is 2. The fourth-order valence-corrected chi connectivity index (χ4v) is 3.16. The van der Waals surface area contributed by atoms with Crippen molar-refractivity contribution < 1.29 is 24.2 Å². The molecular formula is C17H23NO5. The van der Waals surface area contributed by atoms with Gasteiger partial charge in [-0.3, -0.25) is 9.59 Å². The summed E-state index contributed by atoms with van der Waals surface area (Å²) in [5.41, 5.74) is 0.334. The first kappa shape index (κ1) is 17.1. The molecule has 1 aromatic carbocycles. The van der Waals surface area contributed by atoms with E-state index in [0.29, 0.717) is 30.0 Å². The summed E-state index contributed by atoms with van der Waals surface area (Å²) in [6, 6.07) is 5.13. The minimum Gasteiger partial charge on any atom is -0.496 e. The Morgan fingerprint density at radius 2 is 1.78 bits per heavy atom. The number of aliphatic carboxylic acids is 1. The number of carbonyl (C=O) groups excluding carboxylic acids is 1. The third-order valence-electron chi connectivity index (χ3n) is 4.41. The van der Waals surface area contributed by atoms with Crippen molar-refractivity contribution in [3.8, 4) is 11.5 Å². The number of benzene rings is 1. The summed E-state index contributed by atoms with van der Waals surface area (Å²) >= 11 is 0. The summed E-state index contributed by atoms with van der Waals surface area (Å²) < 4.78 is 10.5. The molecule has 6 heteroatoms. The lowest BCUT2D eigenvalue weighted by Crippen LogP contribution is -2.37. The van der Waals surface area contributed by atoms with Crippen molar-refractivity contribution in [2.24, 2.45) is 11.8 Å². The van der Waals surface area contributed by atoms with E-state index in [0.717, 1.165) is 19.3 Å². The van der Waals surface area contributed by atoms with Crippen LogP contribution in [0.1, 0.15) is 36.0 Å². The molecule has 23 heavy (non-hydrogen) atoms. The highest BCUT2D eigenvalue weighted by Gasteiger charge is 2.31. The fraction of sp³-hybridized carbons (Fsp3) is 0.529. The second-order valence-electron chi connectivity index (χ2n) is 5.74. The van der Waals surface area contributed by atoms with Gasteiger partial charge >= 0.3 is 5.97 Å². The van der Waals surface area contributed by atoms with E-state index in [2.05, 4.69) is 5.32 Å². The van der Waals surface area contributed by atoms with Gasteiger partial charge in [0.2, 0.25) is 0 Å². The van der Waals surface area contributed by atoms with Crippen molar-refractivity contribution >= 4 is 11.9 Å². The maximum absolute atomic E-state index is 12.5. The molecule has 1 saturated carbocycles. The standard InChI is InChI=1S/C17H23NO5/c1-22-13-8-5-9-14(23-2)15(13)16(19)18-10-11-6-3-4-7-12(11)17(20)21/h5,8-9,11-12H,3-4,6-7,10H2,1-2H3,(H,18,19)(H,20,21)/t11-,12-/m0/s1. The number of rotatable bonds is 6. The predicted molar refractivity (Wildman–Crippen MR) is 85.0 cm³/mol. The Balaban J connectivity index is 2.09. The normalized spacial score (nSPS) is 20.6. The zero-order valence-electron chi connectivity index (χ0n) is 13.5. The first-order valence-corrected chi connectivity index (χ1v) is 7.80. The van der Waals surface area contributed by atoms with Crippen LogP contribution in [-0.2, 0) is 4.79 Å². The molecule has 6 nitrogen and oxygen atoms in total. The van der Waals surface area contributed by atoms with Crippen molar-refractivity contribution in [1.29, 1.82) is 0 Å². The van der Waals surface area contributed by atoms with Crippen LogP contribution < -0.4 is 14.8 Å². The van der Waals surface area contributed by atoms with Crippen LogP contribution >= 0.6 is 0 Å². The average molecular weight is 321 g/mol. The van der Waals surface area contributed by atoms with E-state index < -0.39 is 5.97 Å². The second kappa shape index (κ2) is 7.85. The number of carboxylic acid groups (broad SMARTS) is 1. The SMILES string of the molecule is COc1cccc(OC)c1C(=O)NC[C@@H]1CCCC[C@@H]1C(=O)O. The summed E-state index contributed by atoms with van der Waals surface area (Å²) in [6.45, 7) is 0.344. The number of carboxylic acids is 1. The highest BCUT2D eigenvalue weighted by Crippen LogP contribution is 2.31. The van der Waals surface area contributed by atoms with E-state index in [-0.39, 0.29) is 17.7 Å². The molecule has 0 unspecified atom stereocenters. The number of hydrogen-bond acceptors (Lipinski definition) is 4. The van der Waals surface area contributed by atoms with Gasteiger partial charge in [-0.25, -0.2) is 0 Å². The van der Waals surface area contributed by atoms with Gasteiger partial charge in [0.15, 0.2) is 0 Å². The molecular weight excluding hydrogens is 298 g/mol. The summed E-state index contributed by atoms with van der Waals surface area (Å²) in [7, 11) is 2.99. The van der Waals surface area contributed by atoms with E-state index in [1.807, 2.05) is 0 Å². The highest BCUT2D eigenvalue weighted by molar-refractivity contribution is 5.99. The third-order valence-corrected chi connectivity index (χ3v) is 4.41. The Hall–Kier alpha value is -2.24. The first-order valence-electron chi connectivity index (χ1n) is 7.80. The summed E-state index contributed by atoms with van der Waals surface area (Å²) in [4.78, 5) is 23.8. The van der Waals surface area contributed by atoms with Gasteiger partial charge in [0.1, 0.15) is 17.1 Å². The maximum Gasteiger partial charge on any atom is 0.306 e. The van der Waals surface area contributed by atoms with Crippen LogP contribution in [0.25, 0.3) is 0 Å². The molecule has 0 heterocycles. The molecule has 0 spiro atoms. The molecule has 2 rings (SSSR count). The number of hydrogen-bond donors (Lipinski definition) is 2. The van der Waals surface area contributed by atoms with Crippen molar-refractivity contribution in [1.82, 2.24) is 5.32 Å². The van der Waals surface area contributed by atoms with Gasteiger partial charge in [0.05, 0.1) is 20.1 Å². The molecule has 1 amide bonds. The van der Waals surface area contributed by atoms with Gasteiger partial charge < -0.3 is 19.9 Å². The molecule has 1 aliphatic rings. The van der Waals surface area contributed by atoms with Gasteiger partial charge in [-0.1, -0.05) is 18.9 Å². The molecule has 0 bridgehead atoms. The smallest absolute Gasteiger partial charge is 0.306 e. The van der Waals surface area contributed by atoms with Crippen LogP contribution in [0.3, 0.4) is 0 Å². The Morgan fingerprint density at radius 3 is 2.35 bits per heavy atom. The summed E-state index contributed by atoms with van der Waals surface area (Å²) in [5.74, 6) is -0.650. The monoisotopic (exact) mass is 321 g/mol. The van der Waals surface area contributed by atoms with Gasteiger partial charge in [-0.15, -0.1) is 0 Å². The van der Waals surface area contributed by atoms with E-state index in [4.69, 9.17) is 9.47 Å². The molecule has 126 valence electrons. The van der Waals surface area contributed by atoms with Crippen LogP contribution in [0, 0.1) is 11.8 Å². The van der Waals surface area contributed by atoms with Crippen LogP contribution in [0.5, 0.6) is 11.5 Å². The third kappa shape index (κ3) is 3.94. The van der Waals surface area contributed by atoms with Crippen LogP contribution in [0.15, 0.2) is 18.2 Å². The molecule has 0 saturated heterocycles. The van der Waals surface area contributed by atoms with Crippen molar-refractivity contribution in [3.05, 3.63) is 23.8 Å². The molecule has 0 aliphatic heterocycles. The first-order chi connectivity index (χ1) is 11.1. The second-order valence-corrected chi connectivity index (χ2v) is 5.74. The molecule has 2 atom stereocenters. The van der Waals surface area contributed by atoms with Gasteiger partial charge in [0, 0.05) is 6.54 Å². The van der Waals surface area contributed by atoms with Gasteiger partial charge in [-0.2, -0.15) is 0 Å². The molecule has 2 N–H and O–H groups in total. The fourth-order valence-electron chi connectivity index (χ4n) is 3.16. The Bertz CT molecular complexity index is 550. The van der Waals surface area contributed by atoms with Crippen molar-refractivity contribution in [3.63, 3.8) is 0 Å². The lowest BCUT2D eigenvalue weighted by molar-refractivity contribution is -0.144. The maximum atomic E-state index is 12.5. The molecule has 1 aliphatic carbocycles. The number of methoxy groups -OCH3 is 2. The lowest BCUT2D eigenvalue weighted by Gasteiger charge is -2.28. The van der Waals surface area contributed by atoms with E-state index >= 15 is 0 Å². The molecule has 1 aromatic rings. The minimum absolute atomic E-state index is 0.0362. The van der Waals surface area contributed by atoms with E-state index in [1.54, 1.807) is 18.2 Å². The quantitative estimate of drug-likeness (QED) is 0.840. The summed E-state index contributed by atoms with van der Waals surface area (Å²) in [6.07, 6.45) is 3.43. The van der Waals surface area contributed by atoms with Crippen LogP contribution in [0.4, 0.5) is 0 Å². The predicted octanol–water partition coefficient (Wildman–Crippen LogP) is 2.32. The van der Waals surface area contributed by atoms with Crippen molar-refractivity contribution in [2.75, 3.05) is 20.8 Å². The number of nitrogens with one attached hydrogen (secondary N) is 1. The summed E-state index contributed by atoms with van der Waals surface area (Å²) in [5, 5.41) is 12.1. The Kier molecular flexibility index (Phi) is 5.84. The minimum atomic E-state index is -0.779. The van der Waals surface area contributed by atoms with Crippen molar-refractivity contribution in [2.45, 2.75) is 25.7 Å². The Morgan fingerprint density at radius 1 is 1.17 bits per heavy atom. The zero-order valence-corrected chi connectivity index (χ0v) is 13.5. The molecule has 1 fully saturated rings. The highest BCUT2D eigenvalue weighted by atomic mass is 16.5. The topological polar surface area (TPSA) is 84.9 Å². The van der Waals surface area contributed by atoms with Crippen LogP contribution in [-0.4, -0.2) is 37.7 Å². The largest absolute Gasteiger partial charge is 0.496 e. The average Bonchev–Trinajstić information content (AvgIpc) is 2.58. The Labute approximate surface area is 135 Å². The molecule has 0 aromatic heterocycles. The van der Waals surface area contributed by atoms with Crippen LogP contribution in [0.2, 0.25) is 0 Å². The number of carbonyl (C=O) groups is 2.